The van der Waals surface area contributed by atoms with E-state index in [1.54, 1.807) is 0 Å². The van der Waals surface area contributed by atoms with E-state index in [-0.39, 0.29) is 6.04 Å². The van der Waals surface area contributed by atoms with Crippen molar-refractivity contribution in [2.24, 2.45) is 5.73 Å². The highest BCUT2D eigenvalue weighted by Gasteiger charge is 2.18. The topological polar surface area (TPSA) is 38.9 Å². The van der Waals surface area contributed by atoms with E-state index in [0.29, 0.717) is 0 Å². The Morgan fingerprint density at radius 3 is 3.08 bits per heavy atom. The fraction of sp³-hybridized carbons (Fsp3) is 0.667. The molecular formula is C9H14N2S. The molecular weight excluding hydrogens is 168 g/mol. The first-order valence-electron chi connectivity index (χ1n) is 4.55. The molecule has 1 aliphatic rings. The Bertz CT molecular complexity index is 259. The summed E-state index contributed by atoms with van der Waals surface area (Å²) in [5.41, 5.74) is 7.22. The Labute approximate surface area is 76.8 Å². The second-order valence-electron chi connectivity index (χ2n) is 3.29. The molecule has 1 heterocycles. The minimum absolute atomic E-state index is 0.167. The van der Waals surface area contributed by atoms with Gasteiger partial charge in [0.05, 0.1) is 11.7 Å². The van der Waals surface area contributed by atoms with Crippen molar-refractivity contribution in [3.05, 3.63) is 15.6 Å². The molecule has 0 radical (unpaired) electrons. The fourth-order valence-corrected chi connectivity index (χ4v) is 2.78. The molecule has 0 bridgehead atoms. The van der Waals surface area contributed by atoms with Gasteiger partial charge in [0, 0.05) is 4.88 Å². The Morgan fingerprint density at radius 2 is 2.42 bits per heavy atom. The first-order valence-corrected chi connectivity index (χ1v) is 5.37. The van der Waals surface area contributed by atoms with Gasteiger partial charge in [-0.3, -0.25) is 0 Å². The minimum Gasteiger partial charge on any atom is -0.322 e. The molecule has 3 heteroatoms. The van der Waals surface area contributed by atoms with Crippen LogP contribution in [0.2, 0.25) is 0 Å². The van der Waals surface area contributed by atoms with E-state index in [9.17, 15) is 0 Å². The molecule has 0 aromatic carbocycles. The highest BCUT2D eigenvalue weighted by Crippen LogP contribution is 2.30. The number of nitrogens with two attached hydrogens (primary N) is 1. The van der Waals surface area contributed by atoms with Gasteiger partial charge in [0.15, 0.2) is 0 Å². The summed E-state index contributed by atoms with van der Waals surface area (Å²) in [6.45, 7) is 2.11. The van der Waals surface area contributed by atoms with E-state index in [1.165, 1.54) is 29.8 Å². The van der Waals surface area contributed by atoms with Gasteiger partial charge >= 0.3 is 0 Å². The summed E-state index contributed by atoms with van der Waals surface area (Å²) in [6.07, 6.45) is 4.67. The highest BCUT2D eigenvalue weighted by atomic mass is 32.1. The number of hydrogen-bond acceptors (Lipinski definition) is 3. The van der Waals surface area contributed by atoms with E-state index in [2.05, 4.69) is 11.9 Å². The lowest BCUT2D eigenvalue weighted by Gasteiger charge is -2.02. The van der Waals surface area contributed by atoms with Crippen LogP contribution in [0.25, 0.3) is 0 Å². The SMILES string of the molecule is CCC(N)c1nc2c(s1)CCC2. The molecule has 12 heavy (non-hydrogen) atoms. The average molecular weight is 182 g/mol. The lowest BCUT2D eigenvalue weighted by Crippen LogP contribution is -2.08. The van der Waals surface area contributed by atoms with E-state index in [0.717, 1.165) is 11.4 Å². The molecule has 0 saturated heterocycles. The smallest absolute Gasteiger partial charge is 0.110 e. The van der Waals surface area contributed by atoms with Crippen LogP contribution in [0, 0.1) is 0 Å². The van der Waals surface area contributed by atoms with Gasteiger partial charge < -0.3 is 5.73 Å². The van der Waals surface area contributed by atoms with Gasteiger partial charge in [0.1, 0.15) is 5.01 Å². The summed E-state index contributed by atoms with van der Waals surface area (Å²) in [5, 5.41) is 1.14. The maximum Gasteiger partial charge on any atom is 0.110 e. The summed E-state index contributed by atoms with van der Waals surface area (Å²) in [6, 6.07) is 0.167. The van der Waals surface area contributed by atoms with Gasteiger partial charge in [0.25, 0.3) is 0 Å². The van der Waals surface area contributed by atoms with E-state index >= 15 is 0 Å². The number of fused-ring (bicyclic) bond motifs is 1. The predicted molar refractivity (Wildman–Crippen MR) is 51.4 cm³/mol. The van der Waals surface area contributed by atoms with E-state index in [4.69, 9.17) is 5.73 Å². The molecule has 0 fully saturated rings. The third-order valence-corrected chi connectivity index (χ3v) is 3.66. The van der Waals surface area contributed by atoms with Gasteiger partial charge in [-0.25, -0.2) is 4.98 Å². The van der Waals surface area contributed by atoms with Crippen LogP contribution in [0.4, 0.5) is 0 Å². The lowest BCUT2D eigenvalue weighted by molar-refractivity contribution is 0.688. The average Bonchev–Trinajstić information content (AvgIpc) is 2.60. The number of nitrogens with zero attached hydrogens (tertiary/aromatic N) is 1. The van der Waals surface area contributed by atoms with Crippen LogP contribution in [0.1, 0.15) is 41.4 Å². The summed E-state index contributed by atoms with van der Waals surface area (Å²) in [5.74, 6) is 0. The monoisotopic (exact) mass is 182 g/mol. The molecule has 1 unspecified atom stereocenters. The number of rotatable bonds is 2. The quantitative estimate of drug-likeness (QED) is 0.760. The fourth-order valence-electron chi connectivity index (χ4n) is 1.54. The summed E-state index contributed by atoms with van der Waals surface area (Å²) < 4.78 is 0. The molecule has 2 N–H and O–H groups in total. The predicted octanol–water partition coefficient (Wildman–Crippen LogP) is 2.04. The van der Waals surface area contributed by atoms with Gasteiger partial charge in [-0.15, -0.1) is 11.3 Å². The maximum atomic E-state index is 5.90. The molecule has 0 aliphatic heterocycles. The van der Waals surface area contributed by atoms with Crippen molar-refractivity contribution in [3.8, 4) is 0 Å². The third kappa shape index (κ3) is 1.27. The number of hydrogen-bond donors (Lipinski definition) is 1. The largest absolute Gasteiger partial charge is 0.322 e. The van der Waals surface area contributed by atoms with Crippen molar-refractivity contribution in [3.63, 3.8) is 0 Å². The van der Waals surface area contributed by atoms with Crippen LogP contribution in [0.5, 0.6) is 0 Å². The van der Waals surface area contributed by atoms with E-state index in [1.807, 2.05) is 11.3 Å². The summed E-state index contributed by atoms with van der Waals surface area (Å²) in [4.78, 5) is 6.04. The van der Waals surface area contributed by atoms with Gasteiger partial charge in [-0.05, 0) is 25.7 Å². The summed E-state index contributed by atoms with van der Waals surface area (Å²) >= 11 is 1.82. The first-order chi connectivity index (χ1) is 5.81. The maximum absolute atomic E-state index is 5.90. The number of thiazole rings is 1. The molecule has 1 atom stereocenters. The normalized spacial score (nSPS) is 17.8. The third-order valence-electron chi connectivity index (χ3n) is 2.37. The molecule has 1 aliphatic carbocycles. The molecule has 66 valence electrons. The zero-order valence-electron chi connectivity index (χ0n) is 7.34. The zero-order valence-corrected chi connectivity index (χ0v) is 8.16. The first kappa shape index (κ1) is 8.20. The van der Waals surface area contributed by atoms with Crippen LogP contribution in [-0.4, -0.2) is 4.98 Å². The van der Waals surface area contributed by atoms with E-state index < -0.39 is 0 Å². The molecule has 0 amide bonds. The van der Waals surface area contributed by atoms with Crippen molar-refractivity contribution in [1.82, 2.24) is 4.98 Å². The van der Waals surface area contributed by atoms with Crippen molar-refractivity contribution in [2.45, 2.75) is 38.6 Å². The Kier molecular flexibility index (Phi) is 2.15. The zero-order chi connectivity index (χ0) is 8.55. The molecule has 1 aromatic rings. The number of aryl methyl sites for hydroxylation is 2. The second-order valence-corrected chi connectivity index (χ2v) is 4.41. The molecule has 2 rings (SSSR count). The molecule has 0 spiro atoms. The molecule has 0 saturated carbocycles. The van der Waals surface area contributed by atoms with Gasteiger partial charge in [0.2, 0.25) is 0 Å². The number of aromatic nitrogens is 1. The standard InChI is InChI=1S/C9H14N2S/c1-2-6(10)9-11-7-4-3-5-8(7)12-9/h6H,2-5,10H2,1H3. The molecule has 1 aromatic heterocycles. The Balaban J connectivity index is 2.25. The van der Waals surface area contributed by atoms with Crippen LogP contribution in [0.15, 0.2) is 0 Å². The van der Waals surface area contributed by atoms with Crippen molar-refractivity contribution in [1.29, 1.82) is 0 Å². The van der Waals surface area contributed by atoms with Crippen LogP contribution in [-0.2, 0) is 12.8 Å². The van der Waals surface area contributed by atoms with Gasteiger partial charge in [-0.2, -0.15) is 0 Å². The molecule has 2 nitrogen and oxygen atoms in total. The van der Waals surface area contributed by atoms with Crippen molar-refractivity contribution in [2.75, 3.05) is 0 Å². The Morgan fingerprint density at radius 1 is 1.58 bits per heavy atom. The van der Waals surface area contributed by atoms with Crippen molar-refractivity contribution >= 4 is 11.3 Å². The van der Waals surface area contributed by atoms with Crippen molar-refractivity contribution < 1.29 is 0 Å². The second kappa shape index (κ2) is 3.15. The highest BCUT2D eigenvalue weighted by molar-refractivity contribution is 7.11. The van der Waals surface area contributed by atoms with Crippen LogP contribution in [0.3, 0.4) is 0 Å². The summed E-state index contributed by atoms with van der Waals surface area (Å²) in [7, 11) is 0. The van der Waals surface area contributed by atoms with Crippen LogP contribution >= 0.6 is 11.3 Å². The van der Waals surface area contributed by atoms with Gasteiger partial charge in [-0.1, -0.05) is 6.92 Å². The lowest BCUT2D eigenvalue weighted by atomic mass is 10.2. The minimum atomic E-state index is 0.167. The Hall–Kier alpha value is -0.410. The van der Waals surface area contributed by atoms with Crippen LogP contribution < -0.4 is 5.73 Å².